The number of hydrogen-bond donors (Lipinski definition) is 1. The Labute approximate surface area is 144 Å². The first-order valence-electron chi connectivity index (χ1n) is 7.87. The molecule has 0 aliphatic carbocycles. The summed E-state index contributed by atoms with van der Waals surface area (Å²) in [6.07, 6.45) is 0. The summed E-state index contributed by atoms with van der Waals surface area (Å²) in [6.45, 7) is 4.63. The van der Waals surface area contributed by atoms with Crippen LogP contribution in [0.15, 0.2) is 46.9 Å². The smallest absolute Gasteiger partial charge is 0.208 e. The quantitative estimate of drug-likeness (QED) is 0.707. The van der Waals surface area contributed by atoms with Gasteiger partial charge in [0.15, 0.2) is 23.1 Å². The average molecular weight is 344 g/mol. The van der Waals surface area contributed by atoms with Crippen LogP contribution in [0.25, 0.3) is 0 Å². The van der Waals surface area contributed by atoms with Crippen LogP contribution in [-0.2, 0) is 13.1 Å². The molecule has 1 aromatic heterocycles. The first kappa shape index (κ1) is 17.1. The van der Waals surface area contributed by atoms with Gasteiger partial charge >= 0.3 is 0 Å². The highest BCUT2D eigenvalue weighted by Gasteiger charge is 2.10. The van der Waals surface area contributed by atoms with Crippen LogP contribution >= 0.6 is 0 Å². The monoisotopic (exact) mass is 344 g/mol. The summed E-state index contributed by atoms with van der Waals surface area (Å²) >= 11 is 0. The molecular formula is C19H18F2N2O2. The lowest BCUT2D eigenvalue weighted by molar-refractivity contribution is 0.414. The minimum atomic E-state index is -0.551. The predicted octanol–water partition coefficient (Wildman–Crippen LogP) is 4.65. The van der Waals surface area contributed by atoms with Gasteiger partial charge in [0, 0.05) is 6.54 Å². The van der Waals surface area contributed by atoms with Gasteiger partial charge in [0.1, 0.15) is 5.76 Å². The molecule has 3 rings (SSSR count). The molecule has 3 aromatic rings. The molecule has 4 nitrogen and oxygen atoms in total. The first-order chi connectivity index (χ1) is 12.0. The van der Waals surface area contributed by atoms with E-state index in [1.807, 2.05) is 13.8 Å². The number of oxazole rings is 1. The summed E-state index contributed by atoms with van der Waals surface area (Å²) in [5.74, 6) is 0.261. The van der Waals surface area contributed by atoms with E-state index in [0.29, 0.717) is 19.0 Å². The number of hydrogen-bond acceptors (Lipinski definition) is 4. The first-order valence-corrected chi connectivity index (χ1v) is 7.87. The van der Waals surface area contributed by atoms with Gasteiger partial charge in [-0.25, -0.2) is 13.8 Å². The predicted molar refractivity (Wildman–Crippen MR) is 89.4 cm³/mol. The summed E-state index contributed by atoms with van der Waals surface area (Å²) in [7, 11) is 0. The number of halogens is 2. The number of ether oxygens (including phenoxy) is 1. The summed E-state index contributed by atoms with van der Waals surface area (Å²) in [5, 5.41) is 3.14. The Morgan fingerprint density at radius 2 is 1.76 bits per heavy atom. The molecule has 0 unspecified atom stereocenters. The van der Waals surface area contributed by atoms with Gasteiger partial charge in [-0.15, -0.1) is 0 Å². The van der Waals surface area contributed by atoms with Crippen molar-refractivity contribution >= 4 is 0 Å². The van der Waals surface area contributed by atoms with Crippen molar-refractivity contribution in [2.45, 2.75) is 26.9 Å². The van der Waals surface area contributed by atoms with E-state index in [-0.39, 0.29) is 11.5 Å². The molecule has 0 aliphatic heterocycles. The van der Waals surface area contributed by atoms with E-state index >= 15 is 0 Å². The second-order valence-corrected chi connectivity index (χ2v) is 5.65. The fourth-order valence-corrected chi connectivity index (χ4v) is 2.31. The maximum absolute atomic E-state index is 14.2. The van der Waals surface area contributed by atoms with Crippen molar-refractivity contribution in [1.29, 1.82) is 0 Å². The van der Waals surface area contributed by atoms with Crippen LogP contribution in [-0.4, -0.2) is 4.98 Å². The molecule has 0 aliphatic rings. The van der Waals surface area contributed by atoms with Crippen molar-refractivity contribution in [3.63, 3.8) is 0 Å². The Morgan fingerprint density at radius 1 is 1.00 bits per heavy atom. The van der Waals surface area contributed by atoms with Gasteiger partial charge in [0.05, 0.1) is 12.2 Å². The summed E-state index contributed by atoms with van der Waals surface area (Å²) < 4.78 is 38.5. The van der Waals surface area contributed by atoms with E-state index in [1.54, 1.807) is 18.2 Å². The highest BCUT2D eigenvalue weighted by Crippen LogP contribution is 2.27. The van der Waals surface area contributed by atoms with Gasteiger partial charge in [0.2, 0.25) is 5.89 Å². The standard InChI is InChI=1S/C19H18F2N2O2/c1-12-13(2)24-19(23-12)11-22-10-14-7-8-18(16(21)9-14)25-17-6-4-3-5-15(17)20/h3-9,22H,10-11H2,1-2H3. The van der Waals surface area contributed by atoms with E-state index in [4.69, 9.17) is 9.15 Å². The van der Waals surface area contributed by atoms with Gasteiger partial charge in [-0.1, -0.05) is 18.2 Å². The molecule has 0 atom stereocenters. The molecular weight excluding hydrogens is 326 g/mol. The normalized spacial score (nSPS) is 10.9. The second kappa shape index (κ2) is 7.44. The largest absolute Gasteiger partial charge is 0.451 e. The minimum Gasteiger partial charge on any atom is -0.451 e. The number of benzene rings is 2. The number of aromatic nitrogens is 1. The van der Waals surface area contributed by atoms with Gasteiger partial charge in [-0.05, 0) is 43.7 Å². The Kier molecular flexibility index (Phi) is 5.09. The molecule has 0 saturated heterocycles. The Bertz CT molecular complexity index is 858. The zero-order chi connectivity index (χ0) is 17.8. The number of rotatable bonds is 6. The molecule has 0 bridgehead atoms. The van der Waals surface area contributed by atoms with Gasteiger partial charge in [-0.2, -0.15) is 0 Å². The lowest BCUT2D eigenvalue weighted by atomic mass is 10.2. The fraction of sp³-hybridized carbons (Fsp3) is 0.211. The van der Waals surface area contributed by atoms with Crippen LogP contribution in [0, 0.1) is 25.5 Å². The van der Waals surface area contributed by atoms with Crippen molar-refractivity contribution < 1.29 is 17.9 Å². The van der Waals surface area contributed by atoms with Crippen LogP contribution in [0.2, 0.25) is 0 Å². The number of aryl methyl sites for hydroxylation is 2. The van der Waals surface area contributed by atoms with E-state index in [0.717, 1.165) is 17.0 Å². The fourth-order valence-electron chi connectivity index (χ4n) is 2.31. The zero-order valence-electron chi connectivity index (χ0n) is 14.0. The average Bonchev–Trinajstić information content (AvgIpc) is 2.90. The van der Waals surface area contributed by atoms with Gasteiger partial charge in [0.25, 0.3) is 0 Å². The van der Waals surface area contributed by atoms with Crippen LogP contribution in [0.5, 0.6) is 11.5 Å². The Hall–Kier alpha value is -2.73. The number of nitrogens with zero attached hydrogens (tertiary/aromatic N) is 1. The van der Waals surface area contributed by atoms with Gasteiger partial charge in [-0.3, -0.25) is 0 Å². The number of para-hydroxylation sites is 1. The van der Waals surface area contributed by atoms with Crippen molar-refractivity contribution in [2.75, 3.05) is 0 Å². The topological polar surface area (TPSA) is 47.3 Å². The third-order valence-corrected chi connectivity index (χ3v) is 3.73. The van der Waals surface area contributed by atoms with E-state index in [9.17, 15) is 8.78 Å². The highest BCUT2D eigenvalue weighted by molar-refractivity contribution is 5.35. The van der Waals surface area contributed by atoms with E-state index < -0.39 is 11.6 Å². The zero-order valence-corrected chi connectivity index (χ0v) is 14.0. The Morgan fingerprint density at radius 3 is 2.44 bits per heavy atom. The van der Waals surface area contributed by atoms with Crippen LogP contribution in [0.4, 0.5) is 8.78 Å². The third-order valence-electron chi connectivity index (χ3n) is 3.73. The van der Waals surface area contributed by atoms with Crippen LogP contribution < -0.4 is 10.1 Å². The van der Waals surface area contributed by atoms with E-state index in [2.05, 4.69) is 10.3 Å². The molecule has 130 valence electrons. The lowest BCUT2D eigenvalue weighted by Gasteiger charge is -2.09. The molecule has 25 heavy (non-hydrogen) atoms. The highest BCUT2D eigenvalue weighted by atomic mass is 19.1. The molecule has 1 N–H and O–H groups in total. The lowest BCUT2D eigenvalue weighted by Crippen LogP contribution is -2.13. The van der Waals surface area contributed by atoms with Crippen LogP contribution in [0.1, 0.15) is 22.9 Å². The van der Waals surface area contributed by atoms with E-state index in [1.165, 1.54) is 24.3 Å². The molecule has 0 amide bonds. The second-order valence-electron chi connectivity index (χ2n) is 5.65. The molecule has 0 fully saturated rings. The van der Waals surface area contributed by atoms with Crippen molar-refractivity contribution in [3.8, 4) is 11.5 Å². The van der Waals surface area contributed by atoms with Crippen molar-refractivity contribution in [3.05, 3.63) is 77.0 Å². The summed E-state index contributed by atoms with van der Waals surface area (Å²) in [4.78, 5) is 4.27. The molecule has 2 aromatic carbocycles. The summed E-state index contributed by atoms with van der Waals surface area (Å²) in [6, 6.07) is 10.4. The molecule has 1 heterocycles. The van der Waals surface area contributed by atoms with Crippen molar-refractivity contribution in [1.82, 2.24) is 10.3 Å². The SMILES string of the molecule is Cc1nc(CNCc2ccc(Oc3ccccc3F)c(F)c2)oc1C. The molecule has 0 spiro atoms. The molecule has 6 heteroatoms. The van der Waals surface area contributed by atoms with Gasteiger partial charge < -0.3 is 14.5 Å². The number of nitrogens with one attached hydrogen (secondary N) is 1. The summed E-state index contributed by atoms with van der Waals surface area (Å²) in [5.41, 5.74) is 1.59. The maximum atomic E-state index is 14.2. The molecule has 0 saturated carbocycles. The Balaban J connectivity index is 1.60. The van der Waals surface area contributed by atoms with Crippen LogP contribution in [0.3, 0.4) is 0 Å². The minimum absolute atomic E-state index is 0.0121. The molecule has 0 radical (unpaired) electrons. The van der Waals surface area contributed by atoms with Crippen molar-refractivity contribution in [2.24, 2.45) is 0 Å². The third kappa shape index (κ3) is 4.22. The maximum Gasteiger partial charge on any atom is 0.208 e.